The molecular weight excluding hydrogens is 276 g/mol. The van der Waals surface area contributed by atoms with Gasteiger partial charge >= 0.3 is 6.03 Å². The van der Waals surface area contributed by atoms with E-state index in [1.54, 1.807) is 6.20 Å². The molecule has 0 radical (unpaired) electrons. The van der Waals surface area contributed by atoms with E-state index in [0.717, 1.165) is 24.3 Å². The first-order chi connectivity index (χ1) is 10.6. The number of nitrogens with zero attached hydrogens (tertiary/aromatic N) is 3. The second-order valence-corrected chi connectivity index (χ2v) is 6.61. The fourth-order valence-corrected chi connectivity index (χ4v) is 3.50. The van der Waals surface area contributed by atoms with Gasteiger partial charge in [-0.3, -0.25) is 9.88 Å². The van der Waals surface area contributed by atoms with Crippen molar-refractivity contribution in [1.29, 1.82) is 0 Å². The molecule has 0 aliphatic carbocycles. The molecule has 1 aromatic heterocycles. The van der Waals surface area contributed by atoms with Crippen molar-refractivity contribution in [3.05, 3.63) is 29.6 Å². The molecule has 1 atom stereocenters. The zero-order chi connectivity index (χ0) is 15.5. The summed E-state index contributed by atoms with van der Waals surface area (Å²) in [6.45, 7) is 7.77. The molecular formula is C17H26N4O. The molecule has 22 heavy (non-hydrogen) atoms. The molecule has 1 aromatic rings. The minimum atomic E-state index is 0.0513. The van der Waals surface area contributed by atoms with Gasteiger partial charge < -0.3 is 10.2 Å². The number of carbonyl (C=O) groups excluding carboxylic acids is 1. The molecule has 2 amide bonds. The van der Waals surface area contributed by atoms with E-state index >= 15 is 0 Å². The zero-order valence-electron chi connectivity index (χ0n) is 13.6. The van der Waals surface area contributed by atoms with Gasteiger partial charge in [-0.05, 0) is 50.9 Å². The van der Waals surface area contributed by atoms with Gasteiger partial charge in [0.1, 0.15) is 0 Å². The normalized spacial score (nSPS) is 23.2. The summed E-state index contributed by atoms with van der Waals surface area (Å²) in [5.74, 6) is 0. The largest absolute Gasteiger partial charge is 0.334 e. The molecule has 0 saturated carbocycles. The number of hydrogen-bond donors (Lipinski definition) is 1. The number of aromatic nitrogens is 1. The number of urea groups is 1. The van der Waals surface area contributed by atoms with Crippen LogP contribution in [0.5, 0.6) is 0 Å². The summed E-state index contributed by atoms with van der Waals surface area (Å²) in [6, 6.07) is 5.24. The number of carbonyl (C=O) groups is 1. The second kappa shape index (κ2) is 6.65. The fourth-order valence-electron chi connectivity index (χ4n) is 3.50. The highest BCUT2D eigenvalue weighted by Crippen LogP contribution is 2.24. The first kappa shape index (κ1) is 15.3. The standard InChI is InChI=1S/C17H26N4O/c1-13-9-15(6-7-18-13)10-19-17(22)20-11-16(12-20)21-8-4-3-5-14(21)2/h6-7,9,14,16H,3-5,8,10-12H2,1-2H3,(H,19,22)/t14-/m1/s1. The van der Waals surface area contributed by atoms with Gasteiger partial charge in [-0.1, -0.05) is 6.42 Å². The van der Waals surface area contributed by atoms with E-state index < -0.39 is 0 Å². The molecule has 3 rings (SSSR count). The number of amides is 2. The molecule has 120 valence electrons. The van der Waals surface area contributed by atoms with Crippen molar-refractivity contribution in [3.63, 3.8) is 0 Å². The third-order valence-electron chi connectivity index (χ3n) is 4.88. The van der Waals surface area contributed by atoms with Crippen LogP contribution in [0.1, 0.15) is 37.4 Å². The van der Waals surface area contributed by atoms with E-state index in [1.165, 1.54) is 25.8 Å². The molecule has 2 fully saturated rings. The van der Waals surface area contributed by atoms with Crippen molar-refractivity contribution in [2.75, 3.05) is 19.6 Å². The third kappa shape index (κ3) is 3.40. The number of piperidine rings is 1. The minimum Gasteiger partial charge on any atom is -0.334 e. The molecule has 5 nitrogen and oxygen atoms in total. The average Bonchev–Trinajstić information content (AvgIpc) is 2.46. The molecule has 2 aliphatic heterocycles. The van der Waals surface area contributed by atoms with E-state index in [2.05, 4.69) is 22.1 Å². The van der Waals surface area contributed by atoms with Crippen LogP contribution in [0.3, 0.4) is 0 Å². The quantitative estimate of drug-likeness (QED) is 0.931. The summed E-state index contributed by atoms with van der Waals surface area (Å²) in [5, 5.41) is 3.00. The monoisotopic (exact) mass is 302 g/mol. The van der Waals surface area contributed by atoms with Crippen LogP contribution in [0.4, 0.5) is 4.79 Å². The van der Waals surface area contributed by atoms with Gasteiger partial charge in [0, 0.05) is 43.6 Å². The number of rotatable bonds is 3. The van der Waals surface area contributed by atoms with Crippen molar-refractivity contribution >= 4 is 6.03 Å². The summed E-state index contributed by atoms with van der Waals surface area (Å²) in [6.07, 6.45) is 5.73. The lowest BCUT2D eigenvalue weighted by Crippen LogP contribution is -2.64. The Morgan fingerprint density at radius 1 is 1.41 bits per heavy atom. The Bertz CT molecular complexity index is 527. The van der Waals surface area contributed by atoms with E-state index in [4.69, 9.17) is 0 Å². The number of likely N-dealkylation sites (tertiary alicyclic amines) is 2. The van der Waals surface area contributed by atoms with Crippen molar-refractivity contribution in [3.8, 4) is 0 Å². The van der Waals surface area contributed by atoms with Crippen LogP contribution in [0.2, 0.25) is 0 Å². The van der Waals surface area contributed by atoms with Crippen LogP contribution < -0.4 is 5.32 Å². The van der Waals surface area contributed by atoms with Crippen LogP contribution in [0.25, 0.3) is 0 Å². The topological polar surface area (TPSA) is 48.5 Å². The Kier molecular flexibility index (Phi) is 4.62. The van der Waals surface area contributed by atoms with Crippen molar-refractivity contribution < 1.29 is 4.79 Å². The summed E-state index contributed by atoms with van der Waals surface area (Å²) >= 11 is 0. The molecule has 2 aliphatic rings. The lowest BCUT2D eigenvalue weighted by Gasteiger charge is -2.49. The average molecular weight is 302 g/mol. The highest BCUT2D eigenvalue weighted by Gasteiger charge is 2.37. The Balaban J connectivity index is 1.43. The zero-order valence-corrected chi connectivity index (χ0v) is 13.6. The van der Waals surface area contributed by atoms with Gasteiger partial charge in [-0.25, -0.2) is 4.79 Å². The highest BCUT2D eigenvalue weighted by molar-refractivity contribution is 5.75. The van der Waals surface area contributed by atoms with Gasteiger partial charge in [0.05, 0.1) is 0 Å². The van der Waals surface area contributed by atoms with Gasteiger partial charge in [0.15, 0.2) is 0 Å². The number of nitrogens with one attached hydrogen (secondary N) is 1. The molecule has 0 bridgehead atoms. The smallest absolute Gasteiger partial charge is 0.317 e. The number of aryl methyl sites for hydroxylation is 1. The second-order valence-electron chi connectivity index (χ2n) is 6.61. The predicted octanol–water partition coefficient (Wildman–Crippen LogP) is 2.16. The maximum Gasteiger partial charge on any atom is 0.317 e. The van der Waals surface area contributed by atoms with Crippen LogP contribution in [0, 0.1) is 6.92 Å². The maximum absolute atomic E-state index is 12.2. The Morgan fingerprint density at radius 2 is 2.23 bits per heavy atom. The van der Waals surface area contributed by atoms with Gasteiger partial charge in [0.25, 0.3) is 0 Å². The lowest BCUT2D eigenvalue weighted by atomic mass is 9.98. The number of pyridine rings is 1. The Labute approximate surface area is 132 Å². The lowest BCUT2D eigenvalue weighted by molar-refractivity contribution is 0.0169. The van der Waals surface area contributed by atoms with E-state index in [-0.39, 0.29) is 6.03 Å². The summed E-state index contributed by atoms with van der Waals surface area (Å²) in [4.78, 5) is 20.8. The highest BCUT2D eigenvalue weighted by atomic mass is 16.2. The van der Waals surface area contributed by atoms with Crippen LogP contribution >= 0.6 is 0 Å². The first-order valence-corrected chi connectivity index (χ1v) is 8.33. The molecule has 5 heteroatoms. The first-order valence-electron chi connectivity index (χ1n) is 8.33. The Morgan fingerprint density at radius 3 is 2.95 bits per heavy atom. The van der Waals surface area contributed by atoms with Crippen LogP contribution in [0.15, 0.2) is 18.3 Å². The summed E-state index contributed by atoms with van der Waals surface area (Å²) in [5.41, 5.74) is 2.08. The summed E-state index contributed by atoms with van der Waals surface area (Å²) in [7, 11) is 0. The van der Waals surface area contributed by atoms with Crippen molar-refractivity contribution in [2.45, 2.75) is 51.7 Å². The van der Waals surface area contributed by atoms with Crippen molar-refractivity contribution in [2.24, 2.45) is 0 Å². The van der Waals surface area contributed by atoms with Gasteiger partial charge in [-0.2, -0.15) is 0 Å². The van der Waals surface area contributed by atoms with Gasteiger partial charge in [0.2, 0.25) is 0 Å². The van der Waals surface area contributed by atoms with Gasteiger partial charge in [-0.15, -0.1) is 0 Å². The molecule has 3 heterocycles. The molecule has 0 unspecified atom stereocenters. The van der Waals surface area contributed by atoms with Crippen LogP contribution in [-0.4, -0.2) is 52.5 Å². The molecule has 1 N–H and O–H groups in total. The van der Waals surface area contributed by atoms with Crippen LogP contribution in [-0.2, 0) is 6.54 Å². The molecule has 2 saturated heterocycles. The third-order valence-corrected chi connectivity index (χ3v) is 4.88. The fraction of sp³-hybridized carbons (Fsp3) is 0.647. The molecule has 0 aromatic carbocycles. The van der Waals surface area contributed by atoms with E-state index in [0.29, 0.717) is 18.6 Å². The summed E-state index contributed by atoms with van der Waals surface area (Å²) < 4.78 is 0. The SMILES string of the molecule is Cc1cc(CNC(=O)N2CC(N3CCCC[C@H]3C)C2)ccn1. The number of hydrogen-bond acceptors (Lipinski definition) is 3. The molecule has 0 spiro atoms. The minimum absolute atomic E-state index is 0.0513. The van der Waals surface area contributed by atoms with Crippen molar-refractivity contribution in [1.82, 2.24) is 20.1 Å². The Hall–Kier alpha value is -1.62. The van der Waals surface area contributed by atoms with E-state index in [1.807, 2.05) is 24.0 Å². The van der Waals surface area contributed by atoms with E-state index in [9.17, 15) is 4.79 Å². The maximum atomic E-state index is 12.2. The predicted molar refractivity (Wildman–Crippen MR) is 86.6 cm³/mol.